The Bertz CT molecular complexity index is 909. The number of halogens is 1. The number of ether oxygens (including phenoxy) is 1. The van der Waals surface area contributed by atoms with Crippen LogP contribution < -0.4 is 5.32 Å². The first-order chi connectivity index (χ1) is 13.2. The number of anilines is 1. The second kappa shape index (κ2) is 7.71. The van der Waals surface area contributed by atoms with Crippen molar-refractivity contribution in [3.8, 4) is 0 Å². The van der Waals surface area contributed by atoms with Crippen LogP contribution in [0.5, 0.6) is 0 Å². The highest BCUT2D eigenvalue weighted by atomic mass is 19.1. The number of hydrogen-bond acceptors (Lipinski definition) is 4. The van der Waals surface area contributed by atoms with Gasteiger partial charge in [-0.05, 0) is 45.4 Å². The molecule has 0 saturated carbocycles. The summed E-state index contributed by atoms with van der Waals surface area (Å²) in [6, 6.07) is 5.29. The zero-order valence-corrected chi connectivity index (χ0v) is 16.7. The topological polar surface area (TPSA) is 76.5 Å². The second-order valence-electron chi connectivity index (χ2n) is 7.31. The van der Waals surface area contributed by atoms with Gasteiger partial charge in [0.2, 0.25) is 5.91 Å². The molecule has 1 aliphatic rings. The number of aryl methyl sites for hydroxylation is 1. The van der Waals surface area contributed by atoms with E-state index in [0.717, 1.165) is 5.69 Å². The van der Waals surface area contributed by atoms with Gasteiger partial charge in [-0.2, -0.15) is 5.10 Å². The zero-order valence-electron chi connectivity index (χ0n) is 16.7. The highest BCUT2D eigenvalue weighted by Crippen LogP contribution is 2.31. The third-order valence-electron chi connectivity index (χ3n) is 4.99. The number of rotatable bonds is 4. The van der Waals surface area contributed by atoms with E-state index in [-0.39, 0.29) is 18.6 Å². The number of nitrogens with one attached hydrogen (secondary N) is 1. The molecule has 1 N–H and O–H groups in total. The van der Waals surface area contributed by atoms with Gasteiger partial charge in [0.25, 0.3) is 5.91 Å². The molecule has 150 valence electrons. The SMILES string of the molecule is Cc1nn(C(C)C)c(C)c1NC(=O)C1OCC(=O)N(C)C1c1cccc(F)c1. The van der Waals surface area contributed by atoms with Gasteiger partial charge in [-0.1, -0.05) is 12.1 Å². The maximum atomic E-state index is 13.7. The molecule has 28 heavy (non-hydrogen) atoms. The first kappa shape index (κ1) is 20.0. The Morgan fingerprint density at radius 2 is 2.07 bits per heavy atom. The Morgan fingerprint density at radius 1 is 1.36 bits per heavy atom. The molecule has 3 rings (SSSR count). The summed E-state index contributed by atoms with van der Waals surface area (Å²) in [6.45, 7) is 7.52. The van der Waals surface area contributed by atoms with Crippen molar-refractivity contribution in [3.63, 3.8) is 0 Å². The van der Waals surface area contributed by atoms with Crippen LogP contribution in [0.25, 0.3) is 0 Å². The number of carbonyl (C=O) groups excluding carboxylic acids is 2. The fourth-order valence-corrected chi connectivity index (χ4v) is 3.56. The van der Waals surface area contributed by atoms with Crippen molar-refractivity contribution in [2.45, 2.75) is 45.9 Å². The minimum absolute atomic E-state index is 0.152. The minimum atomic E-state index is -0.967. The molecular formula is C20H25FN4O3. The van der Waals surface area contributed by atoms with Gasteiger partial charge in [0.1, 0.15) is 12.4 Å². The molecule has 2 unspecified atom stereocenters. The van der Waals surface area contributed by atoms with Gasteiger partial charge in [0.05, 0.1) is 23.1 Å². The van der Waals surface area contributed by atoms with E-state index in [9.17, 15) is 14.0 Å². The van der Waals surface area contributed by atoms with Crippen LogP contribution in [0.1, 0.15) is 42.9 Å². The lowest BCUT2D eigenvalue weighted by atomic mass is 9.97. The van der Waals surface area contributed by atoms with Gasteiger partial charge in [0.15, 0.2) is 6.10 Å². The van der Waals surface area contributed by atoms with Crippen LogP contribution >= 0.6 is 0 Å². The lowest BCUT2D eigenvalue weighted by Crippen LogP contribution is -2.51. The van der Waals surface area contributed by atoms with Gasteiger partial charge in [-0.3, -0.25) is 14.3 Å². The van der Waals surface area contributed by atoms with Crippen LogP contribution in [0.4, 0.5) is 10.1 Å². The van der Waals surface area contributed by atoms with E-state index in [1.54, 1.807) is 19.2 Å². The Labute approximate surface area is 163 Å². The molecule has 1 aromatic heterocycles. The number of amides is 2. The first-order valence-corrected chi connectivity index (χ1v) is 9.20. The molecule has 1 aromatic carbocycles. The van der Waals surface area contributed by atoms with E-state index in [2.05, 4.69) is 10.4 Å². The van der Waals surface area contributed by atoms with Gasteiger partial charge < -0.3 is 15.0 Å². The minimum Gasteiger partial charge on any atom is -0.356 e. The summed E-state index contributed by atoms with van der Waals surface area (Å²) in [4.78, 5) is 26.6. The average molecular weight is 388 g/mol. The van der Waals surface area contributed by atoms with Crippen molar-refractivity contribution in [2.24, 2.45) is 0 Å². The normalized spacial score (nSPS) is 20.0. The molecule has 0 spiro atoms. The van der Waals surface area contributed by atoms with E-state index in [1.165, 1.54) is 17.0 Å². The second-order valence-corrected chi connectivity index (χ2v) is 7.31. The third kappa shape index (κ3) is 3.64. The summed E-state index contributed by atoms with van der Waals surface area (Å²) in [5, 5.41) is 7.36. The molecule has 8 heteroatoms. The number of likely N-dealkylation sites (N-methyl/N-ethyl adjacent to an activating group) is 1. The van der Waals surface area contributed by atoms with Gasteiger partial charge in [-0.25, -0.2) is 4.39 Å². The van der Waals surface area contributed by atoms with Crippen molar-refractivity contribution in [1.29, 1.82) is 0 Å². The molecule has 2 aromatic rings. The molecule has 1 fully saturated rings. The highest BCUT2D eigenvalue weighted by molar-refractivity contribution is 5.97. The van der Waals surface area contributed by atoms with E-state index in [4.69, 9.17) is 4.74 Å². The van der Waals surface area contributed by atoms with E-state index in [1.807, 2.05) is 32.4 Å². The molecule has 0 bridgehead atoms. The number of morpholine rings is 1. The standard InChI is InChI=1S/C20H25FN4O3/c1-11(2)25-13(4)17(12(3)23-25)22-20(27)19-18(24(5)16(26)10-28-19)14-7-6-8-15(21)9-14/h6-9,11,18-19H,10H2,1-5H3,(H,22,27). The lowest BCUT2D eigenvalue weighted by Gasteiger charge is -2.38. The predicted octanol–water partition coefficient (Wildman–Crippen LogP) is 2.76. The molecular weight excluding hydrogens is 363 g/mol. The fourth-order valence-electron chi connectivity index (χ4n) is 3.56. The molecule has 0 aliphatic carbocycles. The number of carbonyl (C=O) groups is 2. The molecule has 7 nitrogen and oxygen atoms in total. The van der Waals surface area contributed by atoms with Crippen LogP contribution in [0.3, 0.4) is 0 Å². The lowest BCUT2D eigenvalue weighted by molar-refractivity contribution is -0.160. The summed E-state index contributed by atoms with van der Waals surface area (Å²) < 4.78 is 21.2. The molecule has 1 saturated heterocycles. The summed E-state index contributed by atoms with van der Waals surface area (Å²) in [5.74, 6) is -1.10. The predicted molar refractivity (Wildman–Crippen MR) is 102 cm³/mol. The fraction of sp³-hybridized carbons (Fsp3) is 0.450. The van der Waals surface area contributed by atoms with Crippen molar-refractivity contribution >= 4 is 17.5 Å². The van der Waals surface area contributed by atoms with Gasteiger partial charge in [-0.15, -0.1) is 0 Å². The zero-order chi connectivity index (χ0) is 20.6. The number of nitrogens with zero attached hydrogens (tertiary/aromatic N) is 3. The Hall–Kier alpha value is -2.74. The summed E-state index contributed by atoms with van der Waals surface area (Å²) in [7, 11) is 1.59. The molecule has 2 amide bonds. The maximum absolute atomic E-state index is 13.7. The Balaban J connectivity index is 1.92. The third-order valence-corrected chi connectivity index (χ3v) is 4.99. The van der Waals surface area contributed by atoms with Crippen molar-refractivity contribution < 1.29 is 18.7 Å². The molecule has 1 aliphatic heterocycles. The quantitative estimate of drug-likeness (QED) is 0.874. The Kier molecular flexibility index (Phi) is 5.51. The Morgan fingerprint density at radius 3 is 2.68 bits per heavy atom. The highest BCUT2D eigenvalue weighted by Gasteiger charge is 2.40. The van der Waals surface area contributed by atoms with Crippen LogP contribution in [0.2, 0.25) is 0 Å². The number of hydrogen-bond donors (Lipinski definition) is 1. The van der Waals surface area contributed by atoms with Gasteiger partial charge in [0, 0.05) is 13.1 Å². The summed E-state index contributed by atoms with van der Waals surface area (Å²) in [5.41, 5.74) is 2.66. The molecule has 0 radical (unpaired) electrons. The molecule has 2 heterocycles. The number of aromatic nitrogens is 2. The average Bonchev–Trinajstić information content (AvgIpc) is 2.92. The first-order valence-electron chi connectivity index (χ1n) is 9.20. The molecule has 2 atom stereocenters. The van der Waals surface area contributed by atoms with E-state index in [0.29, 0.717) is 16.9 Å². The van der Waals surface area contributed by atoms with Crippen molar-refractivity contribution in [2.75, 3.05) is 19.0 Å². The monoisotopic (exact) mass is 388 g/mol. The van der Waals surface area contributed by atoms with E-state index < -0.39 is 23.9 Å². The number of benzene rings is 1. The summed E-state index contributed by atoms with van der Waals surface area (Å²) in [6.07, 6.45) is -0.967. The van der Waals surface area contributed by atoms with Crippen LogP contribution in [-0.4, -0.2) is 46.3 Å². The smallest absolute Gasteiger partial charge is 0.256 e. The van der Waals surface area contributed by atoms with Crippen LogP contribution in [0, 0.1) is 19.7 Å². The largest absolute Gasteiger partial charge is 0.356 e. The van der Waals surface area contributed by atoms with Crippen molar-refractivity contribution in [1.82, 2.24) is 14.7 Å². The summed E-state index contributed by atoms with van der Waals surface area (Å²) >= 11 is 0. The maximum Gasteiger partial charge on any atom is 0.256 e. The van der Waals surface area contributed by atoms with Crippen molar-refractivity contribution in [3.05, 3.63) is 47.0 Å². The van der Waals surface area contributed by atoms with Gasteiger partial charge >= 0.3 is 0 Å². The van der Waals surface area contributed by atoms with Crippen LogP contribution in [0.15, 0.2) is 24.3 Å². The van der Waals surface area contributed by atoms with E-state index >= 15 is 0 Å². The van der Waals surface area contributed by atoms with Crippen LogP contribution in [-0.2, 0) is 14.3 Å².